The van der Waals surface area contributed by atoms with Gasteiger partial charge in [0, 0.05) is 4.47 Å². The lowest BCUT2D eigenvalue weighted by atomic mass is 10.2. The van der Waals surface area contributed by atoms with Crippen molar-refractivity contribution in [1.82, 2.24) is 0 Å². The molecule has 0 heterocycles. The van der Waals surface area contributed by atoms with E-state index in [1.807, 2.05) is 0 Å². The van der Waals surface area contributed by atoms with E-state index in [-0.39, 0.29) is 12.3 Å². The van der Waals surface area contributed by atoms with Crippen molar-refractivity contribution in [2.45, 2.75) is 6.92 Å². The van der Waals surface area contributed by atoms with Crippen LogP contribution >= 0.6 is 27.5 Å². The number of hydrogen-bond donors (Lipinski definition) is 1. The maximum Gasteiger partial charge on any atom is 0.262 e. The number of rotatable bonds is 4. The van der Waals surface area contributed by atoms with Crippen molar-refractivity contribution in [1.29, 1.82) is 0 Å². The number of nitrogens with one attached hydrogen (secondary N) is 1. The van der Waals surface area contributed by atoms with Crippen molar-refractivity contribution in [2.24, 2.45) is 0 Å². The number of carbonyl (C=O) groups is 1. The standard InChI is InChI=1S/C15H12BrClFNO2/c1-9-2-4-13(12(18)6-9)19-15(20)8-21-14-5-3-10(16)7-11(14)17/h2-7H,8H2,1H3,(H,19,20). The molecule has 0 unspecified atom stereocenters. The summed E-state index contributed by atoms with van der Waals surface area (Å²) in [5, 5.41) is 2.83. The Morgan fingerprint density at radius 3 is 2.76 bits per heavy atom. The van der Waals surface area contributed by atoms with Crippen LogP contribution in [0.3, 0.4) is 0 Å². The first kappa shape index (κ1) is 15.8. The Kier molecular flexibility index (Phi) is 5.20. The van der Waals surface area contributed by atoms with Crippen LogP contribution in [0.25, 0.3) is 0 Å². The third-order valence-electron chi connectivity index (χ3n) is 2.65. The van der Waals surface area contributed by atoms with Gasteiger partial charge in [0.2, 0.25) is 0 Å². The summed E-state index contributed by atoms with van der Waals surface area (Å²) in [6, 6.07) is 9.63. The van der Waals surface area contributed by atoms with Gasteiger partial charge in [0.15, 0.2) is 6.61 Å². The second kappa shape index (κ2) is 6.91. The summed E-state index contributed by atoms with van der Waals surface area (Å²) in [6.45, 7) is 1.52. The average Bonchev–Trinajstić information content (AvgIpc) is 2.41. The molecule has 2 aromatic rings. The largest absolute Gasteiger partial charge is 0.482 e. The molecule has 0 fully saturated rings. The highest BCUT2D eigenvalue weighted by molar-refractivity contribution is 9.10. The summed E-state index contributed by atoms with van der Waals surface area (Å²) in [5.74, 6) is -0.554. The highest BCUT2D eigenvalue weighted by Gasteiger charge is 2.09. The molecule has 0 spiro atoms. The van der Waals surface area contributed by atoms with Crippen LogP contribution in [0.4, 0.5) is 10.1 Å². The minimum atomic E-state index is -0.481. The molecule has 0 radical (unpaired) electrons. The molecular formula is C15H12BrClFNO2. The first-order valence-corrected chi connectivity index (χ1v) is 7.26. The summed E-state index contributed by atoms with van der Waals surface area (Å²) in [6.07, 6.45) is 0. The van der Waals surface area contributed by atoms with Gasteiger partial charge in [-0.2, -0.15) is 0 Å². The fourth-order valence-electron chi connectivity index (χ4n) is 1.64. The molecule has 0 saturated heterocycles. The first-order valence-electron chi connectivity index (χ1n) is 6.09. The predicted octanol–water partition coefficient (Wildman–Crippen LogP) is 4.57. The number of hydrogen-bond acceptors (Lipinski definition) is 2. The zero-order valence-corrected chi connectivity index (χ0v) is 13.5. The molecule has 0 aromatic heterocycles. The second-order valence-corrected chi connectivity index (χ2v) is 5.72. The zero-order chi connectivity index (χ0) is 15.4. The Labute approximate surface area is 135 Å². The van der Waals surface area contributed by atoms with E-state index in [4.69, 9.17) is 16.3 Å². The van der Waals surface area contributed by atoms with Gasteiger partial charge in [-0.05, 0) is 42.8 Å². The molecule has 1 amide bonds. The van der Waals surface area contributed by atoms with E-state index >= 15 is 0 Å². The third-order valence-corrected chi connectivity index (χ3v) is 3.44. The molecule has 2 aromatic carbocycles. The van der Waals surface area contributed by atoms with Crippen LogP contribution in [-0.4, -0.2) is 12.5 Å². The maximum absolute atomic E-state index is 13.6. The highest BCUT2D eigenvalue weighted by atomic mass is 79.9. The number of carbonyl (C=O) groups excluding carboxylic acids is 1. The summed E-state index contributed by atoms with van der Waals surface area (Å²) >= 11 is 9.24. The number of ether oxygens (including phenoxy) is 1. The van der Waals surface area contributed by atoms with E-state index in [0.29, 0.717) is 10.8 Å². The number of benzene rings is 2. The molecule has 0 bridgehead atoms. The van der Waals surface area contributed by atoms with Gasteiger partial charge >= 0.3 is 0 Å². The smallest absolute Gasteiger partial charge is 0.262 e. The molecular weight excluding hydrogens is 361 g/mol. The van der Waals surface area contributed by atoms with E-state index < -0.39 is 11.7 Å². The van der Waals surface area contributed by atoms with Gasteiger partial charge in [-0.1, -0.05) is 33.6 Å². The summed E-state index contributed by atoms with van der Waals surface area (Å²) in [4.78, 5) is 11.7. The Bertz CT molecular complexity index is 679. The van der Waals surface area contributed by atoms with Gasteiger partial charge in [-0.15, -0.1) is 0 Å². The third kappa shape index (κ3) is 4.44. The zero-order valence-electron chi connectivity index (χ0n) is 11.1. The molecule has 2 rings (SSSR count). The van der Waals surface area contributed by atoms with Crippen LogP contribution < -0.4 is 10.1 Å². The summed E-state index contributed by atoms with van der Waals surface area (Å²) in [5.41, 5.74) is 0.902. The fraction of sp³-hybridized carbons (Fsp3) is 0.133. The molecule has 3 nitrogen and oxygen atoms in total. The normalized spacial score (nSPS) is 10.3. The SMILES string of the molecule is Cc1ccc(NC(=O)COc2ccc(Br)cc2Cl)c(F)c1. The topological polar surface area (TPSA) is 38.3 Å². The molecule has 110 valence electrons. The van der Waals surface area contributed by atoms with Crippen LogP contribution in [0.15, 0.2) is 40.9 Å². The summed E-state index contributed by atoms with van der Waals surface area (Å²) < 4.78 is 19.7. The van der Waals surface area contributed by atoms with E-state index in [2.05, 4.69) is 21.2 Å². The van der Waals surface area contributed by atoms with Gasteiger partial charge in [0.25, 0.3) is 5.91 Å². The van der Waals surface area contributed by atoms with Crippen LogP contribution in [0.5, 0.6) is 5.75 Å². The highest BCUT2D eigenvalue weighted by Crippen LogP contribution is 2.27. The lowest BCUT2D eigenvalue weighted by Crippen LogP contribution is -2.20. The van der Waals surface area contributed by atoms with Crippen molar-refractivity contribution >= 4 is 39.1 Å². The van der Waals surface area contributed by atoms with E-state index in [1.165, 1.54) is 12.1 Å². The molecule has 0 aliphatic rings. The number of amides is 1. The van der Waals surface area contributed by atoms with Gasteiger partial charge in [-0.3, -0.25) is 4.79 Å². The lowest BCUT2D eigenvalue weighted by molar-refractivity contribution is -0.118. The molecule has 0 saturated carbocycles. The van der Waals surface area contributed by atoms with Crippen molar-refractivity contribution in [2.75, 3.05) is 11.9 Å². The van der Waals surface area contributed by atoms with Gasteiger partial charge in [-0.25, -0.2) is 4.39 Å². The van der Waals surface area contributed by atoms with E-state index in [1.54, 1.807) is 31.2 Å². The van der Waals surface area contributed by atoms with Crippen molar-refractivity contribution in [3.8, 4) is 5.75 Å². The maximum atomic E-state index is 13.6. The fourth-order valence-corrected chi connectivity index (χ4v) is 2.37. The van der Waals surface area contributed by atoms with Crippen LogP contribution in [0.2, 0.25) is 5.02 Å². The minimum absolute atomic E-state index is 0.121. The molecule has 0 aliphatic carbocycles. The Morgan fingerprint density at radius 1 is 1.33 bits per heavy atom. The van der Waals surface area contributed by atoms with Crippen LogP contribution in [0, 0.1) is 12.7 Å². The molecule has 1 N–H and O–H groups in total. The molecule has 6 heteroatoms. The van der Waals surface area contributed by atoms with Crippen molar-refractivity contribution in [3.63, 3.8) is 0 Å². The number of halogens is 3. The molecule has 21 heavy (non-hydrogen) atoms. The second-order valence-electron chi connectivity index (χ2n) is 4.39. The number of aryl methyl sites for hydroxylation is 1. The van der Waals surface area contributed by atoms with E-state index in [9.17, 15) is 9.18 Å². The lowest BCUT2D eigenvalue weighted by Gasteiger charge is -2.10. The van der Waals surface area contributed by atoms with Gasteiger partial charge in [0.05, 0.1) is 10.7 Å². The van der Waals surface area contributed by atoms with Crippen molar-refractivity contribution in [3.05, 3.63) is 57.3 Å². The molecule has 0 aliphatic heterocycles. The van der Waals surface area contributed by atoms with Gasteiger partial charge < -0.3 is 10.1 Å². The predicted molar refractivity (Wildman–Crippen MR) is 84.4 cm³/mol. The summed E-state index contributed by atoms with van der Waals surface area (Å²) in [7, 11) is 0. The minimum Gasteiger partial charge on any atom is -0.482 e. The first-order chi connectivity index (χ1) is 9.95. The Morgan fingerprint density at radius 2 is 2.10 bits per heavy atom. The van der Waals surface area contributed by atoms with Gasteiger partial charge in [0.1, 0.15) is 11.6 Å². The monoisotopic (exact) mass is 371 g/mol. The Hall–Kier alpha value is -1.59. The van der Waals surface area contributed by atoms with Crippen LogP contribution in [0.1, 0.15) is 5.56 Å². The quantitative estimate of drug-likeness (QED) is 0.854. The number of anilines is 1. The van der Waals surface area contributed by atoms with Crippen molar-refractivity contribution < 1.29 is 13.9 Å². The average molecular weight is 373 g/mol. The molecule has 0 atom stereocenters. The van der Waals surface area contributed by atoms with E-state index in [0.717, 1.165) is 10.0 Å². The van der Waals surface area contributed by atoms with Crippen LogP contribution in [-0.2, 0) is 4.79 Å². The Balaban J connectivity index is 1.96.